The van der Waals surface area contributed by atoms with Gasteiger partial charge in [-0.2, -0.15) is 4.31 Å². The van der Waals surface area contributed by atoms with Gasteiger partial charge < -0.3 is 5.32 Å². The lowest BCUT2D eigenvalue weighted by Crippen LogP contribution is -2.49. The van der Waals surface area contributed by atoms with Crippen LogP contribution in [0.5, 0.6) is 0 Å². The zero-order valence-corrected chi connectivity index (χ0v) is 10.9. The van der Waals surface area contributed by atoms with Crippen LogP contribution in [0.3, 0.4) is 0 Å². The van der Waals surface area contributed by atoms with Gasteiger partial charge in [0.25, 0.3) is 0 Å². The summed E-state index contributed by atoms with van der Waals surface area (Å²) >= 11 is 5.45. The second kappa shape index (κ2) is 5.84. The predicted octanol–water partition coefficient (Wildman–Crippen LogP) is 0.156. The number of sulfonamides is 1. The maximum atomic E-state index is 11.7. The number of hydrogen-bond donors (Lipinski definition) is 1. The molecule has 1 saturated heterocycles. The Morgan fingerprint density at radius 3 is 2.81 bits per heavy atom. The molecule has 0 radical (unpaired) electrons. The Bertz CT molecular complexity index is 345. The molecule has 0 bridgehead atoms. The van der Waals surface area contributed by atoms with Crippen LogP contribution in [0.15, 0.2) is 0 Å². The fourth-order valence-corrected chi connectivity index (χ4v) is 3.68. The minimum absolute atomic E-state index is 0.0403. The van der Waals surface area contributed by atoms with E-state index in [1.54, 1.807) is 0 Å². The molecule has 1 amide bonds. The number of amides is 1. The van der Waals surface area contributed by atoms with Gasteiger partial charge in [0, 0.05) is 31.9 Å². The van der Waals surface area contributed by atoms with E-state index in [-0.39, 0.29) is 23.6 Å². The lowest BCUT2D eigenvalue weighted by atomic mass is 10.1. The Morgan fingerprint density at radius 1 is 1.56 bits per heavy atom. The van der Waals surface area contributed by atoms with Crippen LogP contribution in [0, 0.1) is 0 Å². The van der Waals surface area contributed by atoms with Crippen molar-refractivity contribution < 1.29 is 13.2 Å². The summed E-state index contributed by atoms with van der Waals surface area (Å²) in [5.74, 6) is -0.0630. The molecule has 0 aromatic carbocycles. The van der Waals surface area contributed by atoms with Gasteiger partial charge in [-0.3, -0.25) is 4.79 Å². The zero-order chi connectivity index (χ0) is 12.2. The van der Waals surface area contributed by atoms with Crippen molar-refractivity contribution in [3.8, 4) is 0 Å². The van der Waals surface area contributed by atoms with Gasteiger partial charge in [-0.05, 0) is 12.8 Å². The molecule has 1 fully saturated rings. The molecule has 1 unspecified atom stereocenters. The summed E-state index contributed by atoms with van der Waals surface area (Å²) in [6, 6.07) is -0.0728. The number of halogens is 1. The third-order valence-corrected chi connectivity index (χ3v) is 4.77. The number of carbonyl (C=O) groups is 1. The molecule has 1 aliphatic rings. The molecule has 1 heterocycles. The smallest absolute Gasteiger partial charge is 0.217 e. The second-order valence-corrected chi connectivity index (χ2v) is 6.37. The van der Waals surface area contributed by atoms with Crippen molar-refractivity contribution in [2.75, 3.05) is 24.7 Å². The Kier molecular flexibility index (Phi) is 5.01. The summed E-state index contributed by atoms with van der Waals surface area (Å²) in [4.78, 5) is 10.9. The highest BCUT2D eigenvalue weighted by atomic mass is 35.5. The van der Waals surface area contributed by atoms with Crippen molar-refractivity contribution in [1.29, 1.82) is 0 Å². The minimum atomic E-state index is -3.25. The monoisotopic (exact) mass is 268 g/mol. The van der Waals surface area contributed by atoms with Crippen LogP contribution < -0.4 is 5.32 Å². The average molecular weight is 269 g/mol. The molecular weight excluding hydrogens is 252 g/mol. The van der Waals surface area contributed by atoms with Crippen LogP contribution in [0.2, 0.25) is 0 Å². The number of hydrogen-bond acceptors (Lipinski definition) is 3. The lowest BCUT2D eigenvalue weighted by molar-refractivity contribution is -0.119. The standard InChI is InChI=1S/C9H17ClN2O3S/c1-8(13)11-9-3-2-5-12(7-9)16(14,15)6-4-10/h9H,2-7H2,1H3,(H,11,13). The third-order valence-electron chi connectivity index (χ3n) is 2.52. The first kappa shape index (κ1) is 13.7. The fourth-order valence-electron chi connectivity index (χ4n) is 1.83. The van der Waals surface area contributed by atoms with Crippen molar-refractivity contribution >= 4 is 27.5 Å². The second-order valence-electron chi connectivity index (χ2n) is 3.90. The Morgan fingerprint density at radius 2 is 2.25 bits per heavy atom. The van der Waals surface area contributed by atoms with Crippen molar-refractivity contribution in [1.82, 2.24) is 9.62 Å². The molecule has 1 aliphatic heterocycles. The van der Waals surface area contributed by atoms with Crippen LogP contribution >= 0.6 is 11.6 Å². The van der Waals surface area contributed by atoms with E-state index in [1.807, 2.05) is 0 Å². The van der Waals surface area contributed by atoms with E-state index in [9.17, 15) is 13.2 Å². The zero-order valence-electron chi connectivity index (χ0n) is 9.28. The number of nitrogens with one attached hydrogen (secondary N) is 1. The van der Waals surface area contributed by atoms with Gasteiger partial charge in [0.1, 0.15) is 0 Å². The molecule has 94 valence electrons. The van der Waals surface area contributed by atoms with Crippen molar-refractivity contribution in [3.05, 3.63) is 0 Å². The Hall–Kier alpha value is -0.330. The molecule has 0 aromatic heterocycles. The number of alkyl halides is 1. The van der Waals surface area contributed by atoms with E-state index in [0.717, 1.165) is 12.8 Å². The molecule has 0 aliphatic carbocycles. The summed E-state index contributed by atoms with van der Waals surface area (Å²) in [6.45, 7) is 2.32. The summed E-state index contributed by atoms with van der Waals surface area (Å²) in [5.41, 5.74) is 0. The highest BCUT2D eigenvalue weighted by Crippen LogP contribution is 2.14. The number of rotatable bonds is 4. The molecule has 0 aromatic rings. The summed E-state index contributed by atoms with van der Waals surface area (Å²) in [5, 5.41) is 2.75. The van der Waals surface area contributed by atoms with Crippen molar-refractivity contribution in [2.45, 2.75) is 25.8 Å². The summed E-state index contributed by atoms with van der Waals surface area (Å²) in [6.07, 6.45) is 1.60. The normalized spacial score (nSPS) is 23.0. The van der Waals surface area contributed by atoms with Gasteiger partial charge in [-0.1, -0.05) is 0 Å². The maximum absolute atomic E-state index is 11.7. The molecule has 0 saturated carbocycles. The molecular formula is C9H17ClN2O3S. The van der Waals surface area contributed by atoms with Crippen LogP contribution in [0.4, 0.5) is 0 Å². The first-order chi connectivity index (χ1) is 7.45. The van der Waals surface area contributed by atoms with Gasteiger partial charge in [0.15, 0.2) is 0 Å². The van der Waals surface area contributed by atoms with Crippen molar-refractivity contribution in [2.24, 2.45) is 0 Å². The molecule has 7 heteroatoms. The molecule has 1 rings (SSSR count). The summed E-state index contributed by atoms with van der Waals surface area (Å²) in [7, 11) is -3.25. The Labute approximate surface area is 101 Å². The molecule has 5 nitrogen and oxygen atoms in total. The van der Waals surface area contributed by atoms with E-state index >= 15 is 0 Å². The Balaban J connectivity index is 2.59. The number of piperidine rings is 1. The van der Waals surface area contributed by atoms with Crippen LogP contribution in [-0.2, 0) is 14.8 Å². The predicted molar refractivity (Wildman–Crippen MR) is 62.9 cm³/mol. The highest BCUT2D eigenvalue weighted by Gasteiger charge is 2.28. The highest BCUT2D eigenvalue weighted by molar-refractivity contribution is 7.89. The average Bonchev–Trinajstić information content (AvgIpc) is 2.17. The van der Waals surface area contributed by atoms with Gasteiger partial charge in [0.05, 0.1) is 5.75 Å². The van der Waals surface area contributed by atoms with Crippen LogP contribution in [0.25, 0.3) is 0 Å². The van der Waals surface area contributed by atoms with Gasteiger partial charge in [-0.15, -0.1) is 11.6 Å². The third kappa shape index (κ3) is 3.92. The van der Waals surface area contributed by atoms with E-state index in [4.69, 9.17) is 11.6 Å². The van der Waals surface area contributed by atoms with Crippen molar-refractivity contribution in [3.63, 3.8) is 0 Å². The minimum Gasteiger partial charge on any atom is -0.352 e. The van der Waals surface area contributed by atoms with Crippen LogP contribution in [0.1, 0.15) is 19.8 Å². The fraction of sp³-hybridized carbons (Fsp3) is 0.889. The lowest BCUT2D eigenvalue weighted by Gasteiger charge is -2.31. The quantitative estimate of drug-likeness (QED) is 0.739. The maximum Gasteiger partial charge on any atom is 0.217 e. The van der Waals surface area contributed by atoms with Crippen LogP contribution in [-0.4, -0.2) is 49.4 Å². The van der Waals surface area contributed by atoms with E-state index in [1.165, 1.54) is 11.2 Å². The van der Waals surface area contributed by atoms with E-state index < -0.39 is 10.0 Å². The largest absolute Gasteiger partial charge is 0.352 e. The topological polar surface area (TPSA) is 66.5 Å². The first-order valence-electron chi connectivity index (χ1n) is 5.26. The van der Waals surface area contributed by atoms with Gasteiger partial charge in [0.2, 0.25) is 15.9 Å². The molecule has 1 N–H and O–H groups in total. The molecule has 16 heavy (non-hydrogen) atoms. The number of carbonyl (C=O) groups excluding carboxylic acids is 1. The van der Waals surface area contributed by atoms with E-state index in [2.05, 4.69) is 5.32 Å². The van der Waals surface area contributed by atoms with Gasteiger partial charge >= 0.3 is 0 Å². The number of nitrogens with zero attached hydrogens (tertiary/aromatic N) is 1. The summed E-state index contributed by atoms with van der Waals surface area (Å²) < 4.78 is 24.9. The SMILES string of the molecule is CC(=O)NC1CCCN(S(=O)(=O)CCCl)C1. The van der Waals surface area contributed by atoms with Gasteiger partial charge in [-0.25, -0.2) is 8.42 Å². The molecule has 0 spiro atoms. The van der Waals surface area contributed by atoms with E-state index in [0.29, 0.717) is 13.1 Å². The molecule has 1 atom stereocenters. The first-order valence-corrected chi connectivity index (χ1v) is 7.41.